The molecule has 0 radical (unpaired) electrons. The van der Waals surface area contributed by atoms with Crippen LogP contribution in [0.1, 0.15) is 57.7 Å². The number of benzene rings is 6. The molecule has 13 heteroatoms. The number of amides is 2. The molecule has 0 aliphatic carbocycles. The first-order chi connectivity index (χ1) is 30.7. The number of hydrogen-bond donors (Lipinski definition) is 3. The van der Waals surface area contributed by atoms with Crippen molar-refractivity contribution < 1.29 is 37.2 Å². The Morgan fingerprint density at radius 3 is 1.05 bits per heavy atom. The highest BCUT2D eigenvalue weighted by atomic mass is 31.2. The lowest BCUT2D eigenvalue weighted by atomic mass is 9.99. The maximum Gasteiger partial charge on any atom is 0.261 e. The van der Waals surface area contributed by atoms with E-state index in [1.165, 1.54) is 0 Å². The fourth-order valence-corrected chi connectivity index (χ4v) is 11.3. The minimum atomic E-state index is -3.40. The van der Waals surface area contributed by atoms with E-state index in [2.05, 4.69) is 10.6 Å². The van der Waals surface area contributed by atoms with Gasteiger partial charge in [0, 0.05) is 21.2 Å². The predicted molar refractivity (Wildman–Crippen MR) is 255 cm³/mol. The van der Waals surface area contributed by atoms with Crippen LogP contribution < -0.4 is 47.1 Å². The van der Waals surface area contributed by atoms with Gasteiger partial charge in [0.25, 0.3) is 14.7 Å². The summed E-state index contributed by atoms with van der Waals surface area (Å²) in [7, 11) is -6.80. The highest BCUT2D eigenvalue weighted by molar-refractivity contribution is 7.74. The monoisotopic (exact) mass is 901 g/mol. The fraction of sp³-hybridized carbons (Fsp3) is 0.255. The summed E-state index contributed by atoms with van der Waals surface area (Å²) in [6.45, 7) is 7.70. The normalized spacial score (nSPS) is 12.1. The lowest BCUT2D eigenvalue weighted by Gasteiger charge is -2.29. The number of rotatable bonds is 22. The zero-order valence-corrected chi connectivity index (χ0v) is 38.5. The van der Waals surface area contributed by atoms with Gasteiger partial charge >= 0.3 is 0 Å². The smallest absolute Gasteiger partial charge is 0.261 e. The minimum absolute atomic E-state index is 0.0336. The summed E-state index contributed by atoms with van der Waals surface area (Å²) in [5.41, 5.74) is 6.75. The van der Waals surface area contributed by atoms with Crippen LogP contribution in [0.4, 0.5) is 0 Å². The molecule has 64 heavy (non-hydrogen) atoms. The van der Waals surface area contributed by atoms with Gasteiger partial charge in [0.2, 0.25) is 11.8 Å². The molecule has 0 unspecified atom stereocenters. The van der Waals surface area contributed by atoms with Gasteiger partial charge < -0.3 is 34.9 Å². The molecule has 0 spiro atoms. The highest BCUT2D eigenvalue weighted by Crippen LogP contribution is 2.46. The molecule has 0 aliphatic rings. The van der Waals surface area contributed by atoms with E-state index in [0.29, 0.717) is 32.7 Å². The van der Waals surface area contributed by atoms with E-state index in [-0.39, 0.29) is 51.1 Å². The van der Waals surface area contributed by atoms with E-state index in [1.807, 2.05) is 149 Å². The summed E-state index contributed by atoms with van der Waals surface area (Å²) in [5, 5.41) is 8.32. The number of carbonyl (C=O) groups excluding carboxylic acids is 2. The van der Waals surface area contributed by atoms with Gasteiger partial charge in [-0.25, -0.2) is 0 Å². The molecule has 0 atom stereocenters. The molecule has 0 aromatic heterocycles. The van der Waals surface area contributed by atoms with Gasteiger partial charge in [-0.05, 0) is 112 Å². The molecule has 11 nitrogen and oxygen atoms in total. The Labute approximate surface area is 376 Å². The van der Waals surface area contributed by atoms with Crippen LogP contribution in [0, 0.1) is 0 Å². The van der Waals surface area contributed by atoms with Gasteiger partial charge in [-0.15, -0.1) is 0 Å². The average molecular weight is 902 g/mol. The van der Waals surface area contributed by atoms with Gasteiger partial charge in [-0.1, -0.05) is 97.1 Å². The highest BCUT2D eigenvalue weighted by Gasteiger charge is 2.34. The number of nitrogens with one attached hydrogen (secondary N) is 2. The number of hydrogen-bond acceptors (Lipinski definition) is 9. The van der Waals surface area contributed by atoms with Crippen molar-refractivity contribution in [1.29, 1.82) is 0 Å². The van der Waals surface area contributed by atoms with Crippen LogP contribution in [0.25, 0.3) is 0 Å². The van der Waals surface area contributed by atoms with Crippen LogP contribution >= 0.6 is 14.7 Å². The average Bonchev–Trinajstić information content (AvgIpc) is 3.31. The second-order valence-corrected chi connectivity index (χ2v) is 21.5. The Hall–Kier alpha value is -5.80. The Morgan fingerprint density at radius 2 is 0.766 bits per heavy atom. The van der Waals surface area contributed by atoms with Crippen LogP contribution in [0.3, 0.4) is 0 Å². The summed E-state index contributed by atoms with van der Waals surface area (Å²) in [6, 6.07) is 50.8. The fourth-order valence-electron chi connectivity index (χ4n) is 6.81. The third-order valence-electron chi connectivity index (χ3n) is 10.2. The van der Waals surface area contributed by atoms with Crippen molar-refractivity contribution in [2.45, 2.75) is 57.7 Å². The van der Waals surface area contributed by atoms with Crippen LogP contribution in [-0.2, 0) is 27.8 Å². The summed E-state index contributed by atoms with van der Waals surface area (Å²) >= 11 is 0. The molecule has 6 rings (SSSR count). The standard InChI is InChI=1S/C51H57N3O8P2/c1-50(2,37-61-63(57,43-17-9-5-10-18-43)44-19-11-6-12-20-44)53-47(55)33-35-59-41-29-25-39(26-30-41)49(52)40-27-31-42(32-28-40)60-36-34-48(56)54-51(3,4)38-62-64(58,45-21-13-7-14-22-45)46-23-15-8-16-24-46/h5-32,49H,33-38,52H2,1-4H3,(H,53,55)(H,54,56). The first-order valence-corrected chi connectivity index (χ1v) is 24.5. The molecule has 0 fully saturated rings. The first-order valence-electron chi connectivity index (χ1n) is 21.2. The van der Waals surface area contributed by atoms with Crippen LogP contribution in [0.5, 0.6) is 11.5 Å². The molecule has 6 aromatic carbocycles. The maximum atomic E-state index is 14.2. The van der Waals surface area contributed by atoms with Gasteiger partial charge in [0.05, 0.1) is 56.4 Å². The molecule has 0 heterocycles. The largest absolute Gasteiger partial charge is 0.493 e. The van der Waals surface area contributed by atoms with E-state index in [0.717, 1.165) is 11.1 Å². The van der Waals surface area contributed by atoms with Crippen molar-refractivity contribution in [3.63, 3.8) is 0 Å². The third kappa shape index (κ3) is 13.1. The number of ether oxygens (including phenoxy) is 2. The van der Waals surface area contributed by atoms with Gasteiger partial charge in [0.15, 0.2) is 0 Å². The molecule has 6 aromatic rings. The van der Waals surface area contributed by atoms with Crippen molar-refractivity contribution in [3.8, 4) is 11.5 Å². The molecular weight excluding hydrogens is 845 g/mol. The Morgan fingerprint density at radius 1 is 0.484 bits per heavy atom. The molecule has 0 aliphatic heterocycles. The summed E-state index contributed by atoms with van der Waals surface area (Å²) < 4.78 is 52.5. The minimum Gasteiger partial charge on any atom is -0.493 e. The van der Waals surface area contributed by atoms with E-state index in [4.69, 9.17) is 24.3 Å². The summed E-state index contributed by atoms with van der Waals surface area (Å²) in [5.74, 6) is 0.750. The summed E-state index contributed by atoms with van der Waals surface area (Å²) in [4.78, 5) is 25.9. The number of carbonyl (C=O) groups is 2. The molecule has 4 N–H and O–H groups in total. The SMILES string of the molecule is CC(C)(COP(=O)(c1ccccc1)c1ccccc1)NC(=O)CCOc1ccc(C(N)c2ccc(OCCC(=O)NC(C)(C)COP(=O)(c3ccccc3)c3ccccc3)cc2)cc1. The molecular formula is C51H57N3O8P2. The van der Waals surface area contributed by atoms with Crippen molar-refractivity contribution >= 4 is 47.8 Å². The van der Waals surface area contributed by atoms with Crippen molar-refractivity contribution in [3.05, 3.63) is 181 Å². The second-order valence-electron chi connectivity index (χ2n) is 16.7. The maximum absolute atomic E-state index is 14.2. The number of nitrogens with two attached hydrogens (primary N) is 1. The second kappa shape index (κ2) is 21.7. The zero-order chi connectivity index (χ0) is 45.6. The van der Waals surface area contributed by atoms with Crippen LogP contribution in [0.2, 0.25) is 0 Å². The van der Waals surface area contributed by atoms with Crippen molar-refractivity contribution in [2.24, 2.45) is 5.73 Å². The molecule has 0 bridgehead atoms. The topological polar surface area (TPSA) is 155 Å². The Balaban J connectivity index is 0.912. The van der Waals surface area contributed by atoms with Gasteiger partial charge in [0.1, 0.15) is 11.5 Å². The summed E-state index contributed by atoms with van der Waals surface area (Å²) in [6.07, 6.45) is 0.223. The van der Waals surface area contributed by atoms with Crippen molar-refractivity contribution in [1.82, 2.24) is 10.6 Å². The predicted octanol–water partition coefficient (Wildman–Crippen LogP) is 7.95. The molecule has 2 amide bonds. The lowest BCUT2D eigenvalue weighted by Crippen LogP contribution is -2.47. The third-order valence-corrected chi connectivity index (χ3v) is 15.1. The molecule has 0 saturated heterocycles. The van der Waals surface area contributed by atoms with Gasteiger partial charge in [-0.2, -0.15) is 0 Å². The van der Waals surface area contributed by atoms with E-state index in [1.54, 1.807) is 48.5 Å². The lowest BCUT2D eigenvalue weighted by molar-refractivity contribution is -0.124. The zero-order valence-electron chi connectivity index (χ0n) is 36.7. The van der Waals surface area contributed by atoms with Crippen LogP contribution in [0.15, 0.2) is 170 Å². The molecule has 334 valence electrons. The quantitative estimate of drug-likeness (QED) is 0.0576. The molecule has 0 saturated carbocycles. The van der Waals surface area contributed by atoms with E-state index in [9.17, 15) is 18.7 Å². The Bertz CT molecular complexity index is 2240. The van der Waals surface area contributed by atoms with E-state index >= 15 is 0 Å². The van der Waals surface area contributed by atoms with E-state index < -0.39 is 31.9 Å². The Kier molecular flexibility index (Phi) is 16.2. The van der Waals surface area contributed by atoms with Crippen molar-refractivity contribution in [2.75, 3.05) is 26.4 Å². The van der Waals surface area contributed by atoms with Gasteiger partial charge in [-0.3, -0.25) is 18.7 Å². The first kappa shape index (κ1) is 47.7. The van der Waals surface area contributed by atoms with Crippen LogP contribution in [-0.4, -0.2) is 49.3 Å².